The fraction of sp³-hybridized carbons (Fsp3) is 0.0588. The number of nitrogens with zero attached hydrogens (tertiary/aromatic N) is 1. The minimum Gasteiger partial charge on any atom is -0.332 e. The number of carbonyl (C=O) groups is 1. The van der Waals surface area contributed by atoms with Crippen LogP contribution in [-0.2, 0) is 0 Å². The van der Waals surface area contributed by atoms with Crippen molar-refractivity contribution < 1.29 is 4.79 Å². The topological polar surface area (TPSA) is 42.0 Å². The zero-order valence-electron chi connectivity index (χ0n) is 11.8. The van der Waals surface area contributed by atoms with Gasteiger partial charge in [0.15, 0.2) is 5.13 Å². The van der Waals surface area contributed by atoms with E-state index in [1.165, 1.54) is 11.3 Å². The van der Waals surface area contributed by atoms with Gasteiger partial charge in [-0.3, -0.25) is 4.79 Å². The summed E-state index contributed by atoms with van der Waals surface area (Å²) in [5.74, 6) is -0.111. The highest BCUT2D eigenvalue weighted by Gasteiger charge is 2.15. The molecular weight excluding hydrogens is 316 g/mol. The third-order valence-corrected chi connectivity index (χ3v) is 4.36. The third kappa shape index (κ3) is 3.18. The van der Waals surface area contributed by atoms with Gasteiger partial charge in [0.25, 0.3) is 0 Å². The summed E-state index contributed by atoms with van der Waals surface area (Å²) in [5.41, 5.74) is 2.61. The minimum absolute atomic E-state index is 0.111. The third-order valence-electron chi connectivity index (χ3n) is 3.12. The molecule has 0 atom stereocenters. The maximum absolute atomic E-state index is 12.4. The Morgan fingerprint density at radius 3 is 2.77 bits per heavy atom. The zero-order chi connectivity index (χ0) is 15.5. The number of thiazole rings is 1. The number of benzene rings is 2. The highest BCUT2D eigenvalue weighted by Crippen LogP contribution is 2.27. The van der Waals surface area contributed by atoms with Crippen LogP contribution in [0.3, 0.4) is 0 Å². The van der Waals surface area contributed by atoms with E-state index in [4.69, 9.17) is 11.6 Å². The number of hydrogen-bond acceptors (Lipinski definition) is 4. The zero-order valence-corrected chi connectivity index (χ0v) is 13.4. The van der Waals surface area contributed by atoms with E-state index in [0.29, 0.717) is 20.6 Å². The van der Waals surface area contributed by atoms with Crippen molar-refractivity contribution in [2.45, 2.75) is 6.92 Å². The summed E-state index contributed by atoms with van der Waals surface area (Å²) < 4.78 is 0. The predicted octanol–water partition coefficient (Wildman–Crippen LogP) is 5.08. The van der Waals surface area contributed by atoms with Crippen LogP contribution in [0.1, 0.15) is 20.8 Å². The summed E-state index contributed by atoms with van der Waals surface area (Å²) in [6.45, 7) is 2.03. The molecule has 0 spiro atoms. The van der Waals surface area contributed by atoms with Gasteiger partial charge in [-0.05, 0) is 36.8 Å². The van der Waals surface area contributed by atoms with Crippen molar-refractivity contribution in [2.75, 3.05) is 5.32 Å². The van der Waals surface area contributed by atoms with Gasteiger partial charge >= 0.3 is 0 Å². The standard InChI is InChI=1S/C17H13ClN2OS/c1-11-5-4-6-12(9-11)20-17-19-10-15(22-17)16(21)13-7-2-3-8-14(13)18/h2-10H,1H3,(H,19,20). The lowest BCUT2D eigenvalue weighted by Gasteiger charge is -2.03. The molecule has 0 bridgehead atoms. The number of carbonyl (C=O) groups excluding carboxylic acids is 1. The molecule has 0 aliphatic heterocycles. The van der Waals surface area contributed by atoms with Crippen molar-refractivity contribution >= 4 is 39.5 Å². The van der Waals surface area contributed by atoms with Crippen LogP contribution >= 0.6 is 22.9 Å². The number of aryl methyl sites for hydroxylation is 1. The number of ketones is 1. The lowest BCUT2D eigenvalue weighted by molar-refractivity contribution is 0.104. The van der Waals surface area contributed by atoms with E-state index in [0.717, 1.165) is 11.3 Å². The summed E-state index contributed by atoms with van der Waals surface area (Å²) in [5, 5.41) is 4.34. The highest BCUT2D eigenvalue weighted by molar-refractivity contribution is 7.17. The molecule has 0 aliphatic carbocycles. The first-order valence-electron chi connectivity index (χ1n) is 6.72. The monoisotopic (exact) mass is 328 g/mol. The number of hydrogen-bond donors (Lipinski definition) is 1. The summed E-state index contributed by atoms with van der Waals surface area (Å²) in [6, 6.07) is 15.0. The Hall–Kier alpha value is -2.17. The number of rotatable bonds is 4. The van der Waals surface area contributed by atoms with Gasteiger partial charge in [0.05, 0.1) is 16.1 Å². The molecule has 3 nitrogen and oxygen atoms in total. The van der Waals surface area contributed by atoms with Crippen LogP contribution in [-0.4, -0.2) is 10.8 Å². The quantitative estimate of drug-likeness (QED) is 0.679. The molecular formula is C17H13ClN2OS. The number of anilines is 2. The molecule has 0 saturated heterocycles. The smallest absolute Gasteiger partial charge is 0.206 e. The Labute approximate surface area is 137 Å². The first-order chi connectivity index (χ1) is 10.6. The van der Waals surface area contributed by atoms with Crippen LogP contribution in [0.25, 0.3) is 0 Å². The fourth-order valence-corrected chi connectivity index (χ4v) is 3.07. The second-order valence-corrected chi connectivity index (χ2v) is 6.27. The van der Waals surface area contributed by atoms with Gasteiger partial charge in [0.2, 0.25) is 5.78 Å². The lowest BCUT2D eigenvalue weighted by atomic mass is 10.1. The van der Waals surface area contributed by atoms with E-state index in [-0.39, 0.29) is 5.78 Å². The first kappa shape index (κ1) is 14.8. The van der Waals surface area contributed by atoms with E-state index in [9.17, 15) is 4.79 Å². The molecule has 1 aromatic heterocycles. The Kier molecular flexibility index (Phi) is 4.22. The van der Waals surface area contributed by atoms with Crippen molar-refractivity contribution in [2.24, 2.45) is 0 Å². The summed E-state index contributed by atoms with van der Waals surface area (Å²) in [6.07, 6.45) is 1.58. The average molecular weight is 329 g/mol. The first-order valence-corrected chi connectivity index (χ1v) is 7.92. The molecule has 0 amide bonds. The maximum atomic E-state index is 12.4. The molecule has 110 valence electrons. The largest absolute Gasteiger partial charge is 0.332 e. The van der Waals surface area contributed by atoms with Gasteiger partial charge in [-0.1, -0.05) is 47.2 Å². The Balaban J connectivity index is 1.82. The predicted molar refractivity (Wildman–Crippen MR) is 91.5 cm³/mol. The van der Waals surface area contributed by atoms with Crippen LogP contribution in [0.5, 0.6) is 0 Å². The van der Waals surface area contributed by atoms with E-state index in [2.05, 4.69) is 10.3 Å². The summed E-state index contributed by atoms with van der Waals surface area (Å²) >= 11 is 7.39. The lowest BCUT2D eigenvalue weighted by Crippen LogP contribution is -1.99. The SMILES string of the molecule is Cc1cccc(Nc2ncc(C(=O)c3ccccc3Cl)s2)c1. The molecule has 1 heterocycles. The van der Waals surface area contributed by atoms with Gasteiger partial charge in [-0.2, -0.15) is 0 Å². The summed E-state index contributed by atoms with van der Waals surface area (Å²) in [7, 11) is 0. The normalized spacial score (nSPS) is 10.5. The van der Waals surface area contributed by atoms with E-state index < -0.39 is 0 Å². The number of nitrogens with one attached hydrogen (secondary N) is 1. The van der Waals surface area contributed by atoms with Crippen LogP contribution in [0, 0.1) is 6.92 Å². The number of halogens is 1. The Bertz CT molecular complexity index is 829. The van der Waals surface area contributed by atoms with Crippen molar-refractivity contribution in [1.82, 2.24) is 4.98 Å². The molecule has 0 unspecified atom stereocenters. The maximum Gasteiger partial charge on any atom is 0.206 e. The molecule has 3 aromatic rings. The van der Waals surface area contributed by atoms with Gasteiger partial charge in [-0.25, -0.2) is 4.98 Å². The second kappa shape index (κ2) is 6.30. The molecule has 3 rings (SSSR count). The van der Waals surface area contributed by atoms with Gasteiger partial charge in [0.1, 0.15) is 0 Å². The van der Waals surface area contributed by atoms with Crippen LogP contribution in [0.4, 0.5) is 10.8 Å². The molecule has 0 aliphatic rings. The van der Waals surface area contributed by atoms with Gasteiger partial charge in [0, 0.05) is 11.3 Å². The Morgan fingerprint density at radius 1 is 1.18 bits per heavy atom. The van der Waals surface area contributed by atoms with Crippen molar-refractivity contribution in [3.8, 4) is 0 Å². The molecule has 2 aromatic carbocycles. The van der Waals surface area contributed by atoms with E-state index in [1.807, 2.05) is 31.2 Å². The highest BCUT2D eigenvalue weighted by atomic mass is 35.5. The minimum atomic E-state index is -0.111. The van der Waals surface area contributed by atoms with Gasteiger partial charge < -0.3 is 5.32 Å². The average Bonchev–Trinajstić information content (AvgIpc) is 2.95. The van der Waals surface area contributed by atoms with Crippen molar-refractivity contribution in [3.05, 3.63) is 75.8 Å². The van der Waals surface area contributed by atoms with Crippen LogP contribution < -0.4 is 5.32 Å². The number of aromatic nitrogens is 1. The fourth-order valence-electron chi connectivity index (χ4n) is 2.06. The second-order valence-electron chi connectivity index (χ2n) is 4.83. The molecule has 0 saturated carbocycles. The molecule has 0 radical (unpaired) electrons. The van der Waals surface area contributed by atoms with Crippen LogP contribution in [0.15, 0.2) is 54.7 Å². The molecule has 5 heteroatoms. The van der Waals surface area contributed by atoms with E-state index >= 15 is 0 Å². The summed E-state index contributed by atoms with van der Waals surface area (Å²) in [4.78, 5) is 17.3. The van der Waals surface area contributed by atoms with Crippen molar-refractivity contribution in [1.29, 1.82) is 0 Å². The van der Waals surface area contributed by atoms with E-state index in [1.54, 1.807) is 30.5 Å². The molecule has 22 heavy (non-hydrogen) atoms. The Morgan fingerprint density at radius 2 is 2.00 bits per heavy atom. The molecule has 0 fully saturated rings. The van der Waals surface area contributed by atoms with Crippen LogP contribution in [0.2, 0.25) is 5.02 Å². The van der Waals surface area contributed by atoms with Gasteiger partial charge in [-0.15, -0.1) is 0 Å². The van der Waals surface area contributed by atoms with Crippen molar-refractivity contribution in [3.63, 3.8) is 0 Å². The molecule has 1 N–H and O–H groups in total.